The number of carbonyl (C=O) groups excluding carboxylic acids is 1. The van der Waals surface area contributed by atoms with E-state index in [0.717, 1.165) is 25.8 Å². The standard InChI is InChI=1S/C12H22N2O3/c1-3-4-12(16)7-14(8-12)11(15)10-5-9(17-2)6-13-10/h9-10,13,16H,3-8H2,1-2H3. The van der Waals surface area contributed by atoms with Crippen molar-refractivity contribution in [1.29, 1.82) is 0 Å². The summed E-state index contributed by atoms with van der Waals surface area (Å²) in [6.07, 6.45) is 2.60. The van der Waals surface area contributed by atoms with E-state index in [1.54, 1.807) is 12.0 Å². The Morgan fingerprint density at radius 3 is 2.82 bits per heavy atom. The molecule has 0 spiro atoms. The highest BCUT2D eigenvalue weighted by Crippen LogP contribution is 2.27. The Morgan fingerprint density at radius 2 is 2.29 bits per heavy atom. The maximum Gasteiger partial charge on any atom is 0.240 e. The lowest BCUT2D eigenvalue weighted by Crippen LogP contribution is -2.65. The molecule has 2 heterocycles. The summed E-state index contributed by atoms with van der Waals surface area (Å²) < 4.78 is 5.22. The van der Waals surface area contributed by atoms with Crippen LogP contribution in [0, 0.1) is 0 Å². The van der Waals surface area contributed by atoms with E-state index in [0.29, 0.717) is 13.1 Å². The van der Waals surface area contributed by atoms with Gasteiger partial charge in [-0.15, -0.1) is 0 Å². The number of carbonyl (C=O) groups is 1. The third kappa shape index (κ3) is 2.61. The van der Waals surface area contributed by atoms with Crippen LogP contribution in [0.4, 0.5) is 0 Å². The van der Waals surface area contributed by atoms with Gasteiger partial charge in [0.15, 0.2) is 0 Å². The summed E-state index contributed by atoms with van der Waals surface area (Å²) in [4.78, 5) is 13.8. The van der Waals surface area contributed by atoms with Gasteiger partial charge in [-0.05, 0) is 12.8 Å². The normalized spacial score (nSPS) is 31.4. The molecule has 5 heteroatoms. The summed E-state index contributed by atoms with van der Waals surface area (Å²) in [7, 11) is 1.67. The van der Waals surface area contributed by atoms with Gasteiger partial charge in [0.2, 0.25) is 5.91 Å². The maximum absolute atomic E-state index is 12.1. The molecule has 2 unspecified atom stereocenters. The van der Waals surface area contributed by atoms with Crippen molar-refractivity contribution in [2.24, 2.45) is 0 Å². The van der Waals surface area contributed by atoms with E-state index in [2.05, 4.69) is 5.32 Å². The van der Waals surface area contributed by atoms with Crippen LogP contribution in [0.2, 0.25) is 0 Å². The van der Waals surface area contributed by atoms with Gasteiger partial charge >= 0.3 is 0 Å². The highest BCUT2D eigenvalue weighted by molar-refractivity contribution is 5.83. The Labute approximate surface area is 102 Å². The van der Waals surface area contributed by atoms with Crippen molar-refractivity contribution in [3.8, 4) is 0 Å². The Morgan fingerprint density at radius 1 is 1.59 bits per heavy atom. The van der Waals surface area contributed by atoms with Gasteiger partial charge in [0.25, 0.3) is 0 Å². The van der Waals surface area contributed by atoms with Gasteiger partial charge in [0.1, 0.15) is 0 Å². The van der Waals surface area contributed by atoms with Crippen LogP contribution in [0.1, 0.15) is 26.2 Å². The number of nitrogens with one attached hydrogen (secondary N) is 1. The molecule has 2 fully saturated rings. The number of nitrogens with zero attached hydrogens (tertiary/aromatic N) is 1. The summed E-state index contributed by atoms with van der Waals surface area (Å²) in [5, 5.41) is 13.2. The zero-order valence-electron chi connectivity index (χ0n) is 10.6. The van der Waals surface area contributed by atoms with Crippen LogP contribution in [0.3, 0.4) is 0 Å². The van der Waals surface area contributed by atoms with Gasteiger partial charge in [0, 0.05) is 13.7 Å². The first-order chi connectivity index (χ1) is 8.08. The van der Waals surface area contributed by atoms with E-state index in [1.807, 2.05) is 6.92 Å². The SMILES string of the molecule is CCCC1(O)CN(C(=O)C2CC(OC)CN2)C1. The molecule has 0 aromatic carbocycles. The molecule has 0 aromatic heterocycles. The molecule has 2 saturated heterocycles. The molecule has 2 N–H and O–H groups in total. The number of hydrogen-bond acceptors (Lipinski definition) is 4. The van der Waals surface area contributed by atoms with Crippen LogP contribution in [0.5, 0.6) is 0 Å². The van der Waals surface area contributed by atoms with E-state index in [-0.39, 0.29) is 18.1 Å². The van der Waals surface area contributed by atoms with E-state index < -0.39 is 5.60 Å². The predicted molar refractivity (Wildman–Crippen MR) is 63.6 cm³/mol. The van der Waals surface area contributed by atoms with Crippen molar-refractivity contribution in [3.05, 3.63) is 0 Å². The number of β-amino-alcohol motifs (C(OH)–C–C–N with tert-alkyl or cyclic N) is 1. The Hall–Kier alpha value is -0.650. The number of rotatable bonds is 4. The third-order valence-corrected chi connectivity index (χ3v) is 3.72. The first-order valence-corrected chi connectivity index (χ1v) is 6.35. The van der Waals surface area contributed by atoms with Gasteiger partial charge in [-0.2, -0.15) is 0 Å². The third-order valence-electron chi connectivity index (χ3n) is 3.72. The minimum absolute atomic E-state index is 0.102. The highest BCUT2D eigenvalue weighted by Gasteiger charge is 2.45. The molecule has 2 aliphatic heterocycles. The van der Waals surface area contributed by atoms with Gasteiger partial charge in [-0.25, -0.2) is 0 Å². The molecular weight excluding hydrogens is 220 g/mol. The minimum Gasteiger partial charge on any atom is -0.386 e. The summed E-state index contributed by atoms with van der Waals surface area (Å²) in [6.45, 7) is 3.75. The molecule has 0 saturated carbocycles. The van der Waals surface area contributed by atoms with Gasteiger partial charge in [0.05, 0.1) is 30.8 Å². The van der Waals surface area contributed by atoms with Crippen LogP contribution in [-0.4, -0.2) is 60.4 Å². The lowest BCUT2D eigenvalue weighted by molar-refractivity contribution is -0.158. The number of ether oxygens (including phenoxy) is 1. The fourth-order valence-electron chi connectivity index (χ4n) is 2.73. The lowest BCUT2D eigenvalue weighted by atomic mass is 9.88. The molecule has 0 aliphatic carbocycles. The van der Waals surface area contributed by atoms with Crippen LogP contribution < -0.4 is 5.32 Å². The van der Waals surface area contributed by atoms with E-state index in [1.165, 1.54) is 0 Å². The van der Waals surface area contributed by atoms with Crippen molar-refractivity contribution >= 4 is 5.91 Å². The molecule has 2 rings (SSSR count). The predicted octanol–water partition coefficient (Wildman–Crippen LogP) is -0.263. The second-order valence-electron chi connectivity index (χ2n) is 5.22. The van der Waals surface area contributed by atoms with Crippen LogP contribution >= 0.6 is 0 Å². The topological polar surface area (TPSA) is 61.8 Å². The van der Waals surface area contributed by atoms with Gasteiger partial charge < -0.3 is 20.1 Å². The fraction of sp³-hybridized carbons (Fsp3) is 0.917. The molecule has 0 radical (unpaired) electrons. The molecule has 2 atom stereocenters. The number of likely N-dealkylation sites (tertiary alicyclic amines) is 1. The van der Waals surface area contributed by atoms with Crippen LogP contribution in [0.25, 0.3) is 0 Å². The monoisotopic (exact) mass is 242 g/mol. The summed E-state index contributed by atoms with van der Waals surface area (Å²) in [5.41, 5.74) is -0.635. The molecule has 98 valence electrons. The van der Waals surface area contributed by atoms with E-state index >= 15 is 0 Å². The first-order valence-electron chi connectivity index (χ1n) is 6.35. The van der Waals surface area contributed by atoms with E-state index in [4.69, 9.17) is 4.74 Å². The quantitative estimate of drug-likeness (QED) is 0.713. The second kappa shape index (κ2) is 4.92. The Bertz CT molecular complexity index is 289. The number of amides is 1. The summed E-state index contributed by atoms with van der Waals surface area (Å²) >= 11 is 0. The molecule has 0 aromatic rings. The molecule has 0 bridgehead atoms. The number of methoxy groups -OCH3 is 1. The average Bonchev–Trinajstić information content (AvgIpc) is 2.73. The smallest absolute Gasteiger partial charge is 0.240 e. The fourth-order valence-corrected chi connectivity index (χ4v) is 2.73. The molecule has 2 aliphatic rings. The van der Waals surface area contributed by atoms with Crippen molar-refractivity contribution in [1.82, 2.24) is 10.2 Å². The van der Waals surface area contributed by atoms with Crippen molar-refractivity contribution in [2.75, 3.05) is 26.7 Å². The Balaban J connectivity index is 1.80. The summed E-state index contributed by atoms with van der Waals surface area (Å²) in [5.74, 6) is 0.102. The first kappa shape index (κ1) is 12.8. The van der Waals surface area contributed by atoms with Crippen molar-refractivity contribution in [3.63, 3.8) is 0 Å². The molecular formula is C12H22N2O3. The molecule has 1 amide bonds. The number of hydrogen-bond donors (Lipinski definition) is 2. The average molecular weight is 242 g/mol. The molecule has 5 nitrogen and oxygen atoms in total. The van der Waals surface area contributed by atoms with Crippen LogP contribution in [-0.2, 0) is 9.53 Å². The summed E-state index contributed by atoms with van der Waals surface area (Å²) in [6, 6.07) is -0.133. The van der Waals surface area contributed by atoms with Gasteiger partial charge in [-0.3, -0.25) is 4.79 Å². The van der Waals surface area contributed by atoms with Gasteiger partial charge in [-0.1, -0.05) is 13.3 Å². The lowest BCUT2D eigenvalue weighted by Gasteiger charge is -2.47. The largest absolute Gasteiger partial charge is 0.386 e. The van der Waals surface area contributed by atoms with Crippen molar-refractivity contribution < 1.29 is 14.6 Å². The van der Waals surface area contributed by atoms with E-state index in [9.17, 15) is 9.90 Å². The van der Waals surface area contributed by atoms with Crippen LogP contribution in [0.15, 0.2) is 0 Å². The highest BCUT2D eigenvalue weighted by atomic mass is 16.5. The second-order valence-corrected chi connectivity index (χ2v) is 5.22. The zero-order valence-corrected chi connectivity index (χ0v) is 10.6. The zero-order chi connectivity index (χ0) is 12.5. The minimum atomic E-state index is -0.635. The number of aliphatic hydroxyl groups is 1. The molecule has 17 heavy (non-hydrogen) atoms. The maximum atomic E-state index is 12.1. The Kier molecular flexibility index (Phi) is 3.70. The van der Waals surface area contributed by atoms with Crippen molar-refractivity contribution in [2.45, 2.75) is 43.9 Å².